The van der Waals surface area contributed by atoms with Crippen LogP contribution in [0.25, 0.3) is 0 Å². The molecule has 0 fully saturated rings. The molecule has 0 aliphatic carbocycles. The molecule has 2 N–H and O–H groups in total. The molecule has 0 heterocycles. The van der Waals surface area contributed by atoms with E-state index in [-0.39, 0.29) is 24.0 Å². The van der Waals surface area contributed by atoms with Crippen LogP contribution < -0.4 is 20.1 Å². The van der Waals surface area contributed by atoms with Crippen molar-refractivity contribution in [3.05, 3.63) is 58.1 Å². The molecule has 2 rings (SSSR count). The molecule has 0 spiro atoms. The third-order valence-electron chi connectivity index (χ3n) is 3.81. The number of aryl methyl sites for hydroxylation is 1. The second-order valence-corrected chi connectivity index (χ2v) is 5.99. The van der Waals surface area contributed by atoms with Crippen molar-refractivity contribution >= 4 is 41.5 Å². The van der Waals surface area contributed by atoms with Crippen molar-refractivity contribution in [3.8, 4) is 11.5 Å². The van der Waals surface area contributed by atoms with Gasteiger partial charge in [-0.1, -0.05) is 29.8 Å². The molecule has 142 valence electrons. The first-order valence-corrected chi connectivity index (χ1v) is 8.35. The second-order valence-electron chi connectivity index (χ2n) is 5.55. The van der Waals surface area contributed by atoms with Crippen LogP contribution in [-0.2, 0) is 13.1 Å². The number of benzene rings is 2. The smallest absolute Gasteiger partial charge is 0.191 e. The highest BCUT2D eigenvalue weighted by molar-refractivity contribution is 14.0. The molecule has 0 saturated heterocycles. The van der Waals surface area contributed by atoms with Crippen LogP contribution >= 0.6 is 35.6 Å². The molecule has 0 unspecified atom stereocenters. The van der Waals surface area contributed by atoms with E-state index in [0.717, 1.165) is 28.2 Å². The molecule has 26 heavy (non-hydrogen) atoms. The van der Waals surface area contributed by atoms with Gasteiger partial charge in [0.25, 0.3) is 0 Å². The summed E-state index contributed by atoms with van der Waals surface area (Å²) in [7, 11) is 5.05. The highest BCUT2D eigenvalue weighted by Gasteiger charge is 2.07. The van der Waals surface area contributed by atoms with Crippen molar-refractivity contribution in [2.45, 2.75) is 20.0 Å². The Labute approximate surface area is 177 Å². The number of methoxy groups -OCH3 is 2. The van der Waals surface area contributed by atoms with Gasteiger partial charge in [0.05, 0.1) is 14.2 Å². The summed E-state index contributed by atoms with van der Waals surface area (Å²) in [6, 6.07) is 11.7. The lowest BCUT2D eigenvalue weighted by Gasteiger charge is -2.15. The minimum absolute atomic E-state index is 0. The van der Waals surface area contributed by atoms with Crippen LogP contribution in [0.3, 0.4) is 0 Å². The Balaban J connectivity index is 0.00000338. The Hall–Kier alpha value is -1.67. The number of rotatable bonds is 6. The van der Waals surface area contributed by atoms with Crippen molar-refractivity contribution in [1.82, 2.24) is 10.6 Å². The van der Waals surface area contributed by atoms with E-state index in [1.54, 1.807) is 27.3 Å². The topological polar surface area (TPSA) is 54.9 Å². The first-order valence-electron chi connectivity index (χ1n) is 7.97. The van der Waals surface area contributed by atoms with Crippen LogP contribution in [0.4, 0.5) is 0 Å². The van der Waals surface area contributed by atoms with E-state index in [0.29, 0.717) is 24.1 Å². The van der Waals surface area contributed by atoms with Crippen LogP contribution in [0.15, 0.2) is 41.4 Å². The van der Waals surface area contributed by atoms with Gasteiger partial charge in [-0.25, -0.2) is 0 Å². The maximum atomic E-state index is 5.99. The van der Waals surface area contributed by atoms with E-state index in [2.05, 4.69) is 27.8 Å². The van der Waals surface area contributed by atoms with Crippen LogP contribution in [0.5, 0.6) is 11.5 Å². The van der Waals surface area contributed by atoms with Crippen molar-refractivity contribution in [2.24, 2.45) is 4.99 Å². The molecule has 0 radical (unpaired) electrons. The summed E-state index contributed by atoms with van der Waals surface area (Å²) >= 11 is 5.99. The average molecular weight is 490 g/mol. The van der Waals surface area contributed by atoms with Gasteiger partial charge in [0, 0.05) is 36.3 Å². The van der Waals surface area contributed by atoms with Crippen molar-refractivity contribution in [2.75, 3.05) is 21.3 Å². The molecule has 0 atom stereocenters. The lowest BCUT2D eigenvalue weighted by Crippen LogP contribution is -2.36. The second kappa shape index (κ2) is 11.1. The molecular formula is C19H25ClIN3O2. The van der Waals surface area contributed by atoms with Crippen LogP contribution in [0.2, 0.25) is 5.02 Å². The van der Waals surface area contributed by atoms with Crippen molar-refractivity contribution in [3.63, 3.8) is 0 Å². The third kappa shape index (κ3) is 6.25. The van der Waals surface area contributed by atoms with Gasteiger partial charge in [-0.05, 0) is 30.7 Å². The zero-order valence-electron chi connectivity index (χ0n) is 15.4. The highest BCUT2D eigenvalue weighted by Crippen LogP contribution is 2.23. The Morgan fingerprint density at radius 2 is 1.50 bits per heavy atom. The van der Waals surface area contributed by atoms with Gasteiger partial charge in [0.15, 0.2) is 5.96 Å². The maximum absolute atomic E-state index is 5.99. The van der Waals surface area contributed by atoms with Gasteiger partial charge in [0.2, 0.25) is 0 Å². The first-order chi connectivity index (χ1) is 12.1. The highest BCUT2D eigenvalue weighted by atomic mass is 127. The number of hydrogen-bond acceptors (Lipinski definition) is 3. The summed E-state index contributed by atoms with van der Waals surface area (Å²) in [4.78, 5) is 4.25. The molecule has 7 heteroatoms. The van der Waals surface area contributed by atoms with Gasteiger partial charge >= 0.3 is 0 Å². The summed E-state index contributed by atoms with van der Waals surface area (Å²) in [5.74, 6) is 2.30. The normalized spacial score (nSPS) is 10.7. The number of aliphatic imine (C=N–C) groups is 1. The van der Waals surface area contributed by atoms with E-state index >= 15 is 0 Å². The summed E-state index contributed by atoms with van der Waals surface area (Å²) in [6.45, 7) is 3.23. The Morgan fingerprint density at radius 1 is 0.962 bits per heavy atom. The Morgan fingerprint density at radius 3 is 2.04 bits per heavy atom. The number of ether oxygens (including phenoxy) is 2. The van der Waals surface area contributed by atoms with Gasteiger partial charge < -0.3 is 20.1 Å². The number of nitrogens with one attached hydrogen (secondary N) is 2. The fourth-order valence-corrected chi connectivity index (χ4v) is 2.60. The molecule has 0 saturated carbocycles. The summed E-state index contributed by atoms with van der Waals surface area (Å²) in [5, 5.41) is 7.21. The average Bonchev–Trinajstić information content (AvgIpc) is 2.63. The standard InChI is InChI=1S/C19H24ClN3O2.HI/c1-13-5-6-14(17(9-13)24-3)11-22-19(21-2)23-12-15-7-8-16(20)10-18(15)25-4;/h5-10H,11-12H2,1-4H3,(H2,21,22,23);1H. The minimum atomic E-state index is 0. The van der Waals surface area contributed by atoms with Gasteiger partial charge in [0.1, 0.15) is 11.5 Å². The van der Waals surface area contributed by atoms with Crippen LogP contribution in [0, 0.1) is 6.92 Å². The summed E-state index contributed by atoms with van der Waals surface area (Å²) < 4.78 is 10.8. The van der Waals surface area contributed by atoms with E-state index in [9.17, 15) is 0 Å². The van der Waals surface area contributed by atoms with E-state index < -0.39 is 0 Å². The largest absolute Gasteiger partial charge is 0.496 e. The number of hydrogen-bond donors (Lipinski definition) is 2. The molecule has 0 amide bonds. The van der Waals surface area contributed by atoms with E-state index in [1.165, 1.54) is 0 Å². The molecule has 2 aromatic rings. The number of halogens is 2. The molecule has 5 nitrogen and oxygen atoms in total. The molecule has 0 aromatic heterocycles. The zero-order chi connectivity index (χ0) is 18.2. The third-order valence-corrected chi connectivity index (χ3v) is 4.04. The summed E-state index contributed by atoms with van der Waals surface area (Å²) in [5.41, 5.74) is 3.24. The van der Waals surface area contributed by atoms with Gasteiger partial charge in [-0.15, -0.1) is 24.0 Å². The molecule has 0 bridgehead atoms. The van der Waals surface area contributed by atoms with E-state index in [1.807, 2.05) is 25.1 Å². The lowest BCUT2D eigenvalue weighted by atomic mass is 10.1. The predicted molar refractivity (Wildman–Crippen MR) is 118 cm³/mol. The van der Waals surface area contributed by atoms with Crippen LogP contribution in [0.1, 0.15) is 16.7 Å². The Bertz CT molecular complexity index is 694. The van der Waals surface area contributed by atoms with Crippen molar-refractivity contribution < 1.29 is 9.47 Å². The monoisotopic (exact) mass is 489 g/mol. The lowest BCUT2D eigenvalue weighted by molar-refractivity contribution is 0.408. The van der Waals surface area contributed by atoms with Crippen LogP contribution in [-0.4, -0.2) is 27.2 Å². The SMILES string of the molecule is CN=C(NCc1ccc(C)cc1OC)NCc1ccc(Cl)cc1OC.I. The van der Waals surface area contributed by atoms with Gasteiger partial charge in [-0.3, -0.25) is 4.99 Å². The molecule has 0 aliphatic heterocycles. The van der Waals surface area contributed by atoms with Gasteiger partial charge in [-0.2, -0.15) is 0 Å². The number of nitrogens with zero attached hydrogens (tertiary/aromatic N) is 1. The molecule has 2 aromatic carbocycles. The molecular weight excluding hydrogens is 465 g/mol. The zero-order valence-corrected chi connectivity index (χ0v) is 18.5. The summed E-state index contributed by atoms with van der Waals surface area (Å²) in [6.07, 6.45) is 0. The predicted octanol–water partition coefficient (Wildman–Crippen LogP) is 4.15. The number of guanidine groups is 1. The first kappa shape index (κ1) is 22.4. The van der Waals surface area contributed by atoms with Crippen molar-refractivity contribution in [1.29, 1.82) is 0 Å². The fourth-order valence-electron chi connectivity index (χ4n) is 2.44. The fraction of sp³-hybridized carbons (Fsp3) is 0.316. The molecule has 0 aliphatic rings. The maximum Gasteiger partial charge on any atom is 0.191 e. The van der Waals surface area contributed by atoms with E-state index in [4.69, 9.17) is 21.1 Å². The Kier molecular flexibility index (Phi) is 9.58. The quantitative estimate of drug-likeness (QED) is 0.364. The minimum Gasteiger partial charge on any atom is -0.496 e.